The van der Waals surface area contributed by atoms with Gasteiger partial charge in [0.05, 0.1) is 20.3 Å². The number of hydrogen-bond donors (Lipinski definition) is 2. The minimum atomic E-state index is -0.704. The number of nitrogens with one attached hydrogen (secondary N) is 1. The molecule has 7 nitrogen and oxygen atoms in total. The molecule has 1 amide bonds. The number of fused-ring (bicyclic) bond motifs is 1. The Bertz CT molecular complexity index is 864. The first-order chi connectivity index (χ1) is 13.6. The molecule has 148 valence electrons. The largest absolute Gasteiger partial charge is 0.493 e. The molecule has 1 unspecified atom stereocenters. The topological polar surface area (TPSA) is 86.3 Å². The fourth-order valence-corrected chi connectivity index (χ4v) is 2.81. The van der Waals surface area contributed by atoms with E-state index in [0.717, 1.165) is 11.1 Å². The van der Waals surface area contributed by atoms with Gasteiger partial charge in [0, 0.05) is 12.6 Å². The third-order valence-electron chi connectivity index (χ3n) is 4.33. The number of carbonyl (C=O) groups excluding carboxylic acids is 1. The number of hydrogen-bond acceptors (Lipinski definition) is 6. The minimum Gasteiger partial charge on any atom is -0.493 e. The van der Waals surface area contributed by atoms with E-state index >= 15 is 0 Å². The second-order valence-electron chi connectivity index (χ2n) is 6.16. The van der Waals surface area contributed by atoms with Crippen LogP contribution in [0, 0.1) is 0 Å². The van der Waals surface area contributed by atoms with Crippen molar-refractivity contribution in [2.45, 2.75) is 12.5 Å². The lowest BCUT2D eigenvalue weighted by Gasteiger charge is -2.11. The van der Waals surface area contributed by atoms with Gasteiger partial charge in [-0.3, -0.25) is 4.79 Å². The zero-order valence-corrected chi connectivity index (χ0v) is 15.8. The third-order valence-corrected chi connectivity index (χ3v) is 4.33. The number of carbonyl (C=O) groups is 1. The van der Waals surface area contributed by atoms with Crippen LogP contribution in [0.3, 0.4) is 0 Å². The molecule has 0 saturated heterocycles. The molecule has 7 heteroatoms. The Kier molecular flexibility index (Phi) is 6.39. The number of rotatable bonds is 8. The summed E-state index contributed by atoms with van der Waals surface area (Å²) in [6, 6.07) is 10.7. The molecule has 1 aliphatic rings. The van der Waals surface area contributed by atoms with Crippen molar-refractivity contribution in [1.29, 1.82) is 0 Å². The number of aliphatic hydroxyl groups excluding tert-OH is 1. The summed E-state index contributed by atoms with van der Waals surface area (Å²) in [6.45, 7) is 0.530. The van der Waals surface area contributed by atoms with Crippen LogP contribution in [-0.4, -0.2) is 38.6 Å². The zero-order chi connectivity index (χ0) is 19.9. The number of aliphatic hydroxyl groups is 1. The minimum absolute atomic E-state index is 0.192. The molecule has 28 heavy (non-hydrogen) atoms. The van der Waals surface area contributed by atoms with Gasteiger partial charge in [-0.15, -0.1) is 0 Å². The number of benzene rings is 2. The number of ether oxygens (including phenoxy) is 4. The van der Waals surface area contributed by atoms with Crippen molar-refractivity contribution in [3.05, 3.63) is 53.6 Å². The quantitative estimate of drug-likeness (QED) is 0.680. The molecule has 1 aliphatic heterocycles. The van der Waals surface area contributed by atoms with E-state index < -0.39 is 6.10 Å². The van der Waals surface area contributed by atoms with Crippen LogP contribution >= 0.6 is 0 Å². The van der Waals surface area contributed by atoms with Crippen molar-refractivity contribution in [2.24, 2.45) is 0 Å². The van der Waals surface area contributed by atoms with Crippen LogP contribution in [0.15, 0.2) is 42.5 Å². The summed E-state index contributed by atoms with van der Waals surface area (Å²) in [4.78, 5) is 12.0. The van der Waals surface area contributed by atoms with Gasteiger partial charge in [-0.25, -0.2) is 0 Å². The van der Waals surface area contributed by atoms with Crippen molar-refractivity contribution in [1.82, 2.24) is 5.32 Å². The summed E-state index contributed by atoms with van der Waals surface area (Å²) in [5, 5.41) is 13.0. The van der Waals surface area contributed by atoms with Crippen LogP contribution < -0.4 is 24.3 Å². The lowest BCUT2D eigenvalue weighted by Crippen LogP contribution is -2.23. The molecule has 0 aliphatic carbocycles. The van der Waals surface area contributed by atoms with Crippen molar-refractivity contribution >= 4 is 12.0 Å². The van der Waals surface area contributed by atoms with Gasteiger partial charge in [-0.05, 0) is 47.9 Å². The molecular formula is C21H23NO6. The van der Waals surface area contributed by atoms with Gasteiger partial charge < -0.3 is 29.4 Å². The summed E-state index contributed by atoms with van der Waals surface area (Å²) < 4.78 is 21.0. The highest BCUT2D eigenvalue weighted by Crippen LogP contribution is 2.34. The Morgan fingerprint density at radius 2 is 1.93 bits per heavy atom. The molecule has 0 aromatic heterocycles. The summed E-state index contributed by atoms with van der Waals surface area (Å²) in [6.07, 6.45) is 2.81. The maximum atomic E-state index is 12.0. The van der Waals surface area contributed by atoms with E-state index in [1.54, 1.807) is 50.6 Å². The van der Waals surface area contributed by atoms with Crippen molar-refractivity contribution < 1.29 is 28.8 Å². The van der Waals surface area contributed by atoms with Gasteiger partial charge in [0.2, 0.25) is 12.7 Å². The Hall–Kier alpha value is -3.19. The fraction of sp³-hybridized carbons (Fsp3) is 0.286. The van der Waals surface area contributed by atoms with Crippen molar-refractivity contribution in [2.75, 3.05) is 27.6 Å². The van der Waals surface area contributed by atoms with E-state index in [4.69, 9.17) is 18.9 Å². The van der Waals surface area contributed by atoms with E-state index in [1.807, 2.05) is 6.07 Å². The molecule has 0 radical (unpaired) electrons. The SMILES string of the molecule is COc1ccc(/C=C/C(=O)NCCC(O)c2ccc3c(c2)OCO3)cc1OC. The Balaban J connectivity index is 1.48. The number of methoxy groups -OCH3 is 2. The summed E-state index contributed by atoms with van der Waals surface area (Å²) in [7, 11) is 3.13. The smallest absolute Gasteiger partial charge is 0.244 e. The highest BCUT2D eigenvalue weighted by Gasteiger charge is 2.16. The molecule has 2 N–H and O–H groups in total. The van der Waals surface area contributed by atoms with Gasteiger partial charge >= 0.3 is 0 Å². The second kappa shape index (κ2) is 9.14. The summed E-state index contributed by atoms with van der Waals surface area (Å²) in [5.74, 6) is 2.27. The van der Waals surface area contributed by atoms with Gasteiger partial charge in [0.15, 0.2) is 23.0 Å². The molecule has 0 spiro atoms. The molecule has 3 rings (SSSR count). The van der Waals surface area contributed by atoms with E-state index in [2.05, 4.69) is 5.32 Å². The zero-order valence-electron chi connectivity index (χ0n) is 15.8. The monoisotopic (exact) mass is 385 g/mol. The Labute approximate surface area is 163 Å². The highest BCUT2D eigenvalue weighted by molar-refractivity contribution is 5.91. The molecule has 1 heterocycles. The maximum absolute atomic E-state index is 12.0. The first-order valence-electron chi connectivity index (χ1n) is 8.86. The average molecular weight is 385 g/mol. The molecule has 2 aromatic carbocycles. The van der Waals surface area contributed by atoms with Crippen LogP contribution in [0.4, 0.5) is 0 Å². The molecular weight excluding hydrogens is 362 g/mol. The first-order valence-corrected chi connectivity index (χ1v) is 8.86. The summed E-state index contributed by atoms with van der Waals surface area (Å²) in [5.41, 5.74) is 1.53. The maximum Gasteiger partial charge on any atom is 0.244 e. The van der Waals surface area contributed by atoms with E-state index in [-0.39, 0.29) is 12.7 Å². The average Bonchev–Trinajstić information content (AvgIpc) is 3.19. The lowest BCUT2D eigenvalue weighted by atomic mass is 10.1. The highest BCUT2D eigenvalue weighted by atomic mass is 16.7. The second-order valence-corrected chi connectivity index (χ2v) is 6.16. The molecule has 0 bridgehead atoms. The predicted octanol–water partition coefficient (Wildman–Crippen LogP) is 2.69. The van der Waals surface area contributed by atoms with Crippen LogP contribution in [0.5, 0.6) is 23.0 Å². The molecule has 2 aromatic rings. The van der Waals surface area contributed by atoms with Crippen LogP contribution in [-0.2, 0) is 4.79 Å². The Morgan fingerprint density at radius 3 is 2.71 bits per heavy atom. The van der Waals surface area contributed by atoms with Gasteiger partial charge in [-0.2, -0.15) is 0 Å². The van der Waals surface area contributed by atoms with Crippen molar-refractivity contribution in [3.8, 4) is 23.0 Å². The normalized spacial score (nSPS) is 13.4. The third kappa shape index (κ3) is 4.75. The standard InChI is InChI=1S/C21H23NO6/c1-25-17-6-3-14(11-19(17)26-2)4-8-21(24)22-10-9-16(23)15-5-7-18-20(12-15)28-13-27-18/h3-8,11-12,16,23H,9-10,13H2,1-2H3,(H,22,24)/b8-4+. The fourth-order valence-electron chi connectivity index (χ4n) is 2.81. The van der Waals surface area contributed by atoms with Gasteiger partial charge in [-0.1, -0.05) is 12.1 Å². The summed E-state index contributed by atoms with van der Waals surface area (Å²) >= 11 is 0. The van der Waals surface area contributed by atoms with Crippen LogP contribution in [0.1, 0.15) is 23.7 Å². The lowest BCUT2D eigenvalue weighted by molar-refractivity contribution is -0.116. The van der Waals surface area contributed by atoms with Gasteiger partial charge in [0.1, 0.15) is 0 Å². The molecule has 0 saturated carbocycles. The Morgan fingerprint density at radius 1 is 1.14 bits per heavy atom. The van der Waals surface area contributed by atoms with E-state index in [9.17, 15) is 9.90 Å². The number of amides is 1. The first kappa shape index (κ1) is 19.6. The van der Waals surface area contributed by atoms with Crippen LogP contribution in [0.2, 0.25) is 0 Å². The predicted molar refractivity (Wildman–Crippen MR) is 104 cm³/mol. The van der Waals surface area contributed by atoms with E-state index in [0.29, 0.717) is 36.0 Å². The van der Waals surface area contributed by atoms with Crippen LogP contribution in [0.25, 0.3) is 6.08 Å². The molecule has 1 atom stereocenters. The molecule has 0 fully saturated rings. The van der Waals surface area contributed by atoms with Gasteiger partial charge in [0.25, 0.3) is 0 Å². The van der Waals surface area contributed by atoms with E-state index in [1.165, 1.54) is 6.08 Å². The van der Waals surface area contributed by atoms with Crippen molar-refractivity contribution in [3.63, 3.8) is 0 Å².